The molecule has 0 fully saturated rings. The summed E-state index contributed by atoms with van der Waals surface area (Å²) in [7, 11) is -3.79. The van der Waals surface area contributed by atoms with Crippen LogP contribution in [0, 0.1) is 17.5 Å². The van der Waals surface area contributed by atoms with E-state index in [1.807, 2.05) is 0 Å². The zero-order chi connectivity index (χ0) is 19.5. The number of carbonyl (C=O) groups is 1. The van der Waals surface area contributed by atoms with Gasteiger partial charge < -0.3 is 10.6 Å². The highest BCUT2D eigenvalue weighted by Crippen LogP contribution is 2.19. The van der Waals surface area contributed by atoms with Gasteiger partial charge >= 0.3 is 0 Å². The maximum atomic E-state index is 13.6. The second-order valence-electron chi connectivity index (χ2n) is 5.50. The smallest absolute Gasteiger partial charge is 0.241 e. The van der Waals surface area contributed by atoms with Crippen LogP contribution in [0.4, 0.5) is 18.9 Å². The van der Waals surface area contributed by atoms with Crippen LogP contribution < -0.4 is 15.8 Å². The van der Waals surface area contributed by atoms with Crippen molar-refractivity contribution in [1.29, 1.82) is 0 Å². The minimum atomic E-state index is -3.79. The number of hydrogen-bond donors (Lipinski definition) is 3. The van der Waals surface area contributed by atoms with Gasteiger partial charge in [-0.05, 0) is 36.8 Å². The Labute approximate surface area is 148 Å². The number of sulfonamides is 1. The number of hydrogen-bond acceptors (Lipinski definition) is 4. The first-order valence-corrected chi connectivity index (χ1v) is 8.93. The van der Waals surface area contributed by atoms with Crippen molar-refractivity contribution >= 4 is 21.6 Å². The van der Waals surface area contributed by atoms with E-state index in [1.54, 1.807) is 0 Å². The Morgan fingerprint density at radius 3 is 2.27 bits per heavy atom. The van der Waals surface area contributed by atoms with E-state index < -0.39 is 45.1 Å². The van der Waals surface area contributed by atoms with Gasteiger partial charge in [-0.25, -0.2) is 26.7 Å². The zero-order valence-corrected chi connectivity index (χ0v) is 14.4. The molecule has 2 rings (SSSR count). The molecule has 0 saturated carbocycles. The average molecular weight is 387 g/mol. The third-order valence-electron chi connectivity index (χ3n) is 3.55. The van der Waals surface area contributed by atoms with E-state index in [2.05, 4.69) is 10.6 Å². The molecule has 6 nitrogen and oxygen atoms in total. The lowest BCUT2D eigenvalue weighted by Gasteiger charge is -2.15. The minimum absolute atomic E-state index is 0.0409. The summed E-state index contributed by atoms with van der Waals surface area (Å²) in [6.07, 6.45) is 0. The van der Waals surface area contributed by atoms with Gasteiger partial charge in [0.05, 0.1) is 16.6 Å². The van der Waals surface area contributed by atoms with E-state index in [-0.39, 0.29) is 11.4 Å². The van der Waals surface area contributed by atoms with Crippen LogP contribution in [0.15, 0.2) is 41.3 Å². The molecular weight excluding hydrogens is 371 g/mol. The fraction of sp³-hybridized carbons (Fsp3) is 0.188. The number of amides is 1. The first-order chi connectivity index (χ1) is 12.1. The molecule has 0 bridgehead atoms. The van der Waals surface area contributed by atoms with E-state index in [0.29, 0.717) is 11.6 Å². The number of nitrogens with two attached hydrogens (primary N) is 1. The summed E-state index contributed by atoms with van der Waals surface area (Å²) in [5.74, 6) is -5.16. The maximum absolute atomic E-state index is 13.6. The van der Waals surface area contributed by atoms with Crippen molar-refractivity contribution in [2.45, 2.75) is 24.4 Å². The molecule has 0 radical (unpaired) electrons. The van der Waals surface area contributed by atoms with Gasteiger partial charge in [0.1, 0.15) is 0 Å². The van der Waals surface area contributed by atoms with Crippen molar-refractivity contribution in [3.63, 3.8) is 0 Å². The number of benzene rings is 2. The van der Waals surface area contributed by atoms with Crippen LogP contribution in [0.25, 0.3) is 0 Å². The zero-order valence-electron chi connectivity index (χ0n) is 13.6. The quantitative estimate of drug-likeness (QED) is 0.659. The fourth-order valence-corrected chi connectivity index (χ4v) is 2.54. The second-order valence-corrected chi connectivity index (χ2v) is 7.07. The standard InChI is InChI=1S/C16H16F3N3O3S/c1-9(16(23)22-13-7-6-12(17)14(18)15(13)19)21-8-10-2-4-11(5-3-10)26(20,24)25/h2-7,9,21H,8H2,1H3,(H,22,23)(H2,20,24,25). The lowest BCUT2D eigenvalue weighted by molar-refractivity contribution is -0.117. The lowest BCUT2D eigenvalue weighted by atomic mass is 10.2. The molecule has 0 aliphatic rings. The van der Waals surface area contributed by atoms with Gasteiger partial charge in [0.15, 0.2) is 17.5 Å². The Kier molecular flexibility index (Phi) is 6.01. The summed E-state index contributed by atoms with van der Waals surface area (Å²) >= 11 is 0. The molecular formula is C16H16F3N3O3S. The number of halogens is 3. The van der Waals surface area contributed by atoms with Crippen molar-refractivity contribution in [2.75, 3.05) is 5.32 Å². The van der Waals surface area contributed by atoms with Crippen molar-refractivity contribution in [3.05, 3.63) is 59.4 Å². The van der Waals surface area contributed by atoms with Crippen molar-refractivity contribution in [2.24, 2.45) is 5.14 Å². The van der Waals surface area contributed by atoms with Crippen LogP contribution in [0.1, 0.15) is 12.5 Å². The molecule has 1 amide bonds. The molecule has 2 aromatic carbocycles. The summed E-state index contributed by atoms with van der Waals surface area (Å²) in [4.78, 5) is 12.0. The second kappa shape index (κ2) is 7.85. The third kappa shape index (κ3) is 4.81. The van der Waals surface area contributed by atoms with Gasteiger partial charge in [0.25, 0.3) is 0 Å². The normalized spacial score (nSPS) is 12.7. The minimum Gasteiger partial charge on any atom is -0.322 e. The molecule has 0 aliphatic heterocycles. The fourth-order valence-electron chi connectivity index (χ4n) is 2.02. The average Bonchev–Trinajstić information content (AvgIpc) is 2.59. The molecule has 26 heavy (non-hydrogen) atoms. The molecule has 10 heteroatoms. The highest BCUT2D eigenvalue weighted by molar-refractivity contribution is 7.89. The van der Waals surface area contributed by atoms with Gasteiger partial charge in [-0.3, -0.25) is 4.79 Å². The van der Waals surface area contributed by atoms with E-state index in [0.717, 1.165) is 6.07 Å². The maximum Gasteiger partial charge on any atom is 0.241 e. The summed E-state index contributed by atoms with van der Waals surface area (Å²) in [6.45, 7) is 1.70. The highest BCUT2D eigenvalue weighted by Gasteiger charge is 2.18. The van der Waals surface area contributed by atoms with E-state index in [9.17, 15) is 26.4 Å². The van der Waals surface area contributed by atoms with E-state index in [4.69, 9.17) is 5.14 Å². The van der Waals surface area contributed by atoms with Gasteiger partial charge in [0, 0.05) is 6.54 Å². The SMILES string of the molecule is CC(NCc1ccc(S(N)(=O)=O)cc1)C(=O)Nc1ccc(F)c(F)c1F. The predicted molar refractivity (Wildman–Crippen MR) is 89.1 cm³/mol. The topological polar surface area (TPSA) is 101 Å². The van der Waals surface area contributed by atoms with Crippen LogP contribution in [0.3, 0.4) is 0 Å². The Bertz CT molecular complexity index is 918. The first-order valence-electron chi connectivity index (χ1n) is 7.39. The van der Waals surface area contributed by atoms with Crippen LogP contribution in [0.2, 0.25) is 0 Å². The predicted octanol–water partition coefficient (Wildman–Crippen LogP) is 1.87. The third-order valence-corrected chi connectivity index (χ3v) is 4.48. The monoisotopic (exact) mass is 387 g/mol. The van der Waals surface area contributed by atoms with Crippen molar-refractivity contribution < 1.29 is 26.4 Å². The molecule has 140 valence electrons. The van der Waals surface area contributed by atoms with Crippen LogP contribution in [-0.2, 0) is 21.4 Å². The molecule has 1 atom stereocenters. The van der Waals surface area contributed by atoms with Crippen LogP contribution >= 0.6 is 0 Å². The van der Waals surface area contributed by atoms with Gasteiger partial charge in [-0.15, -0.1) is 0 Å². The number of carbonyl (C=O) groups excluding carboxylic acids is 1. The molecule has 2 aromatic rings. The Hall–Kier alpha value is -2.43. The number of primary sulfonamides is 1. The van der Waals surface area contributed by atoms with Gasteiger partial charge in [0.2, 0.25) is 15.9 Å². The van der Waals surface area contributed by atoms with E-state index in [1.165, 1.54) is 31.2 Å². The Morgan fingerprint density at radius 2 is 1.69 bits per heavy atom. The molecule has 0 aromatic heterocycles. The summed E-state index contributed by atoms with van der Waals surface area (Å²) in [6, 6.07) is 6.53. The summed E-state index contributed by atoms with van der Waals surface area (Å²) in [5, 5.41) is 10.0. The van der Waals surface area contributed by atoms with Crippen LogP contribution in [-0.4, -0.2) is 20.4 Å². The molecule has 0 aliphatic carbocycles. The molecule has 1 unspecified atom stereocenters. The molecule has 0 heterocycles. The molecule has 4 N–H and O–H groups in total. The lowest BCUT2D eigenvalue weighted by Crippen LogP contribution is -2.37. The first kappa shape index (κ1) is 19.9. The van der Waals surface area contributed by atoms with Crippen molar-refractivity contribution in [3.8, 4) is 0 Å². The number of anilines is 1. The van der Waals surface area contributed by atoms with Crippen LogP contribution in [0.5, 0.6) is 0 Å². The highest BCUT2D eigenvalue weighted by atomic mass is 32.2. The molecule has 0 saturated heterocycles. The summed E-state index contributed by atoms with van der Waals surface area (Å²) in [5.41, 5.74) is 0.205. The Morgan fingerprint density at radius 1 is 1.08 bits per heavy atom. The largest absolute Gasteiger partial charge is 0.322 e. The van der Waals surface area contributed by atoms with Crippen molar-refractivity contribution in [1.82, 2.24) is 5.32 Å². The van der Waals surface area contributed by atoms with Gasteiger partial charge in [-0.1, -0.05) is 12.1 Å². The Balaban J connectivity index is 1.96. The number of nitrogens with one attached hydrogen (secondary N) is 2. The summed E-state index contributed by atoms with van der Waals surface area (Å²) < 4.78 is 62.0. The van der Waals surface area contributed by atoms with Gasteiger partial charge in [-0.2, -0.15) is 0 Å². The molecule has 0 spiro atoms. The number of rotatable bonds is 6. The van der Waals surface area contributed by atoms with E-state index >= 15 is 0 Å².